The maximum Gasteiger partial charge on any atom is 0.164 e. The zero-order valence-corrected chi connectivity index (χ0v) is 8.88. The first-order chi connectivity index (χ1) is 6.19. The van der Waals surface area contributed by atoms with Gasteiger partial charge in [-0.3, -0.25) is 4.79 Å². The molecule has 2 nitrogen and oxygen atoms in total. The summed E-state index contributed by atoms with van der Waals surface area (Å²) >= 11 is 0. The molecule has 0 aromatic carbocycles. The largest absolute Gasteiger partial charge is 0.367 e. The molecule has 0 aromatic rings. The van der Waals surface area contributed by atoms with Crippen LogP contribution in [0.15, 0.2) is 0 Å². The van der Waals surface area contributed by atoms with E-state index in [4.69, 9.17) is 4.74 Å². The van der Waals surface area contributed by atoms with Crippen LogP contribution in [0.1, 0.15) is 46.5 Å². The summed E-state index contributed by atoms with van der Waals surface area (Å²) in [6.45, 7) is 6.19. The van der Waals surface area contributed by atoms with Crippen molar-refractivity contribution in [3.8, 4) is 0 Å². The molecule has 1 heterocycles. The van der Waals surface area contributed by atoms with Crippen LogP contribution in [-0.2, 0) is 9.53 Å². The van der Waals surface area contributed by atoms with E-state index in [-0.39, 0.29) is 18.1 Å². The summed E-state index contributed by atoms with van der Waals surface area (Å²) in [6.07, 6.45) is 4.04. The van der Waals surface area contributed by atoms with Crippen LogP contribution in [0.3, 0.4) is 0 Å². The van der Waals surface area contributed by atoms with E-state index in [9.17, 15) is 4.79 Å². The van der Waals surface area contributed by atoms with Crippen LogP contribution in [0.2, 0.25) is 0 Å². The van der Waals surface area contributed by atoms with Gasteiger partial charge in [0, 0.05) is 5.92 Å². The van der Waals surface area contributed by atoms with Crippen molar-refractivity contribution in [3.63, 3.8) is 0 Å². The lowest BCUT2D eigenvalue weighted by molar-refractivity contribution is -0.133. The van der Waals surface area contributed by atoms with Crippen molar-refractivity contribution in [3.05, 3.63) is 0 Å². The highest BCUT2D eigenvalue weighted by Gasteiger charge is 2.31. The van der Waals surface area contributed by atoms with Gasteiger partial charge < -0.3 is 4.74 Å². The molecule has 1 aliphatic rings. The van der Waals surface area contributed by atoms with Crippen molar-refractivity contribution < 1.29 is 9.53 Å². The van der Waals surface area contributed by atoms with Crippen molar-refractivity contribution >= 4 is 5.78 Å². The first kappa shape index (κ1) is 10.7. The predicted octanol–water partition coefficient (Wildman–Crippen LogP) is 2.56. The zero-order chi connectivity index (χ0) is 9.84. The molecule has 13 heavy (non-hydrogen) atoms. The summed E-state index contributed by atoms with van der Waals surface area (Å²) in [4.78, 5) is 11.8. The van der Waals surface area contributed by atoms with Crippen LogP contribution < -0.4 is 0 Å². The Balaban J connectivity index is 2.47. The Labute approximate surface area is 80.7 Å². The van der Waals surface area contributed by atoms with E-state index in [0.29, 0.717) is 5.78 Å². The van der Waals surface area contributed by atoms with Gasteiger partial charge in [-0.2, -0.15) is 0 Å². The van der Waals surface area contributed by atoms with Gasteiger partial charge in [-0.15, -0.1) is 0 Å². The first-order valence-corrected chi connectivity index (χ1v) is 5.38. The zero-order valence-electron chi connectivity index (χ0n) is 8.88. The molecule has 76 valence electrons. The third kappa shape index (κ3) is 2.53. The SMILES string of the molecule is CCC(CC)C(=O)C1CCC(C)O1. The van der Waals surface area contributed by atoms with Crippen molar-refractivity contribution in [2.45, 2.75) is 58.7 Å². The number of hydrogen-bond donors (Lipinski definition) is 0. The monoisotopic (exact) mass is 184 g/mol. The van der Waals surface area contributed by atoms with Crippen molar-refractivity contribution in [2.24, 2.45) is 5.92 Å². The van der Waals surface area contributed by atoms with Gasteiger partial charge in [-0.1, -0.05) is 13.8 Å². The standard InChI is InChI=1S/C11H20O2/c1-4-9(5-2)11(12)10-7-6-8(3)13-10/h8-10H,4-7H2,1-3H3. The minimum Gasteiger partial charge on any atom is -0.367 e. The maximum atomic E-state index is 11.8. The number of hydrogen-bond acceptors (Lipinski definition) is 2. The third-order valence-electron chi connectivity index (χ3n) is 2.94. The number of carbonyl (C=O) groups excluding carboxylic acids is 1. The molecule has 0 aliphatic carbocycles. The lowest BCUT2D eigenvalue weighted by Crippen LogP contribution is -2.27. The van der Waals surface area contributed by atoms with E-state index in [1.54, 1.807) is 0 Å². The molecule has 1 aliphatic heterocycles. The molecular formula is C11H20O2. The van der Waals surface area contributed by atoms with E-state index >= 15 is 0 Å². The summed E-state index contributed by atoms with van der Waals surface area (Å²) in [6, 6.07) is 0. The fraction of sp³-hybridized carbons (Fsp3) is 0.909. The minimum atomic E-state index is -0.0973. The summed E-state index contributed by atoms with van der Waals surface area (Å²) in [7, 11) is 0. The minimum absolute atomic E-state index is 0.0973. The molecule has 0 N–H and O–H groups in total. The van der Waals surface area contributed by atoms with Crippen LogP contribution in [-0.4, -0.2) is 18.0 Å². The van der Waals surface area contributed by atoms with Crippen molar-refractivity contribution in [1.82, 2.24) is 0 Å². The first-order valence-electron chi connectivity index (χ1n) is 5.38. The summed E-state index contributed by atoms with van der Waals surface area (Å²) < 4.78 is 5.56. The van der Waals surface area contributed by atoms with Gasteiger partial charge in [0.2, 0.25) is 0 Å². The molecule has 0 radical (unpaired) electrons. The highest BCUT2D eigenvalue weighted by molar-refractivity contribution is 5.85. The van der Waals surface area contributed by atoms with E-state index in [1.165, 1.54) is 0 Å². The molecule has 0 bridgehead atoms. The Morgan fingerprint density at radius 1 is 1.38 bits per heavy atom. The van der Waals surface area contributed by atoms with E-state index in [1.807, 2.05) is 6.92 Å². The Morgan fingerprint density at radius 2 is 2.00 bits per heavy atom. The molecule has 2 unspecified atom stereocenters. The Kier molecular flexibility index (Phi) is 3.91. The highest BCUT2D eigenvalue weighted by atomic mass is 16.5. The van der Waals surface area contributed by atoms with Crippen LogP contribution in [0.5, 0.6) is 0 Å². The van der Waals surface area contributed by atoms with Gasteiger partial charge in [-0.25, -0.2) is 0 Å². The second-order valence-electron chi connectivity index (χ2n) is 3.93. The van der Waals surface area contributed by atoms with Gasteiger partial charge in [0.1, 0.15) is 6.10 Å². The maximum absolute atomic E-state index is 11.8. The van der Waals surface area contributed by atoms with Crippen LogP contribution >= 0.6 is 0 Å². The predicted molar refractivity (Wildman–Crippen MR) is 52.6 cm³/mol. The molecular weight excluding hydrogens is 164 g/mol. The number of ketones is 1. The van der Waals surface area contributed by atoms with E-state index in [2.05, 4.69) is 13.8 Å². The molecule has 2 atom stereocenters. The highest BCUT2D eigenvalue weighted by Crippen LogP contribution is 2.24. The van der Waals surface area contributed by atoms with E-state index in [0.717, 1.165) is 25.7 Å². The van der Waals surface area contributed by atoms with Gasteiger partial charge >= 0.3 is 0 Å². The smallest absolute Gasteiger partial charge is 0.164 e. The second-order valence-corrected chi connectivity index (χ2v) is 3.93. The van der Waals surface area contributed by atoms with Crippen LogP contribution in [0, 0.1) is 5.92 Å². The Bertz CT molecular complexity index is 173. The fourth-order valence-electron chi connectivity index (χ4n) is 1.97. The summed E-state index contributed by atoms with van der Waals surface area (Å²) in [5.41, 5.74) is 0. The average molecular weight is 184 g/mol. The van der Waals surface area contributed by atoms with Crippen LogP contribution in [0.25, 0.3) is 0 Å². The lowest BCUT2D eigenvalue weighted by Gasteiger charge is -2.16. The molecule has 0 spiro atoms. The normalized spacial score (nSPS) is 28.3. The van der Waals surface area contributed by atoms with Crippen molar-refractivity contribution in [1.29, 1.82) is 0 Å². The van der Waals surface area contributed by atoms with Crippen molar-refractivity contribution in [2.75, 3.05) is 0 Å². The third-order valence-corrected chi connectivity index (χ3v) is 2.94. The fourth-order valence-corrected chi connectivity index (χ4v) is 1.97. The summed E-state index contributed by atoms with van der Waals surface area (Å²) in [5, 5.41) is 0. The lowest BCUT2D eigenvalue weighted by atomic mass is 9.93. The molecule has 0 aromatic heterocycles. The molecule has 0 saturated carbocycles. The Morgan fingerprint density at radius 3 is 2.38 bits per heavy atom. The quantitative estimate of drug-likeness (QED) is 0.671. The average Bonchev–Trinajstić information content (AvgIpc) is 2.54. The molecule has 1 saturated heterocycles. The van der Waals surface area contributed by atoms with Gasteiger partial charge in [-0.05, 0) is 32.6 Å². The summed E-state index contributed by atoms with van der Waals surface area (Å²) in [5.74, 6) is 0.546. The topological polar surface area (TPSA) is 26.3 Å². The Hall–Kier alpha value is -0.370. The number of ether oxygens (including phenoxy) is 1. The molecule has 2 heteroatoms. The molecule has 1 fully saturated rings. The molecule has 0 amide bonds. The molecule has 1 rings (SSSR count). The van der Waals surface area contributed by atoms with Gasteiger partial charge in [0.05, 0.1) is 6.10 Å². The number of carbonyl (C=O) groups is 1. The van der Waals surface area contributed by atoms with Crippen LogP contribution in [0.4, 0.5) is 0 Å². The number of rotatable bonds is 4. The number of Topliss-reactive ketones (excluding diaryl/α,β-unsaturated/α-hetero) is 1. The second kappa shape index (κ2) is 4.75. The van der Waals surface area contributed by atoms with Gasteiger partial charge in [0.25, 0.3) is 0 Å². The van der Waals surface area contributed by atoms with Gasteiger partial charge in [0.15, 0.2) is 5.78 Å². The van der Waals surface area contributed by atoms with E-state index < -0.39 is 0 Å².